The Bertz CT molecular complexity index is 496. The number of rotatable bonds is 3. The Labute approximate surface area is 133 Å². The van der Waals surface area contributed by atoms with E-state index >= 15 is 0 Å². The summed E-state index contributed by atoms with van der Waals surface area (Å²) in [5.41, 5.74) is 7.10. The highest BCUT2D eigenvalue weighted by Crippen LogP contribution is 2.37. The minimum Gasteiger partial charge on any atom is -0.338 e. The van der Waals surface area contributed by atoms with Crippen LogP contribution in [0.4, 0.5) is 0 Å². The minimum atomic E-state index is 0.101. The van der Waals surface area contributed by atoms with Crippen molar-refractivity contribution in [3.63, 3.8) is 0 Å². The highest BCUT2D eigenvalue weighted by molar-refractivity contribution is 5.78. The zero-order valence-corrected chi connectivity index (χ0v) is 13.3. The van der Waals surface area contributed by atoms with Gasteiger partial charge in [-0.05, 0) is 18.4 Å². The molecule has 3 rings (SSSR count). The van der Waals surface area contributed by atoms with Gasteiger partial charge >= 0.3 is 0 Å². The average Bonchev–Trinajstić information content (AvgIpc) is 2.58. The average molecular weight is 301 g/mol. The number of benzene rings is 1. The van der Waals surface area contributed by atoms with Crippen molar-refractivity contribution >= 4 is 5.91 Å². The minimum absolute atomic E-state index is 0.101. The topological polar surface area (TPSA) is 49.6 Å². The molecule has 2 aliphatic rings. The monoisotopic (exact) mass is 301 g/mol. The van der Waals surface area contributed by atoms with E-state index in [1.165, 1.54) is 37.7 Å². The fourth-order valence-electron chi connectivity index (χ4n) is 4.09. The fourth-order valence-corrected chi connectivity index (χ4v) is 4.09. The lowest BCUT2D eigenvalue weighted by Gasteiger charge is -2.53. The Kier molecular flexibility index (Phi) is 4.79. The summed E-state index contributed by atoms with van der Waals surface area (Å²) in [7, 11) is 0. The summed E-state index contributed by atoms with van der Waals surface area (Å²) < 4.78 is 0. The van der Waals surface area contributed by atoms with E-state index in [0.717, 1.165) is 26.2 Å². The van der Waals surface area contributed by atoms with Crippen LogP contribution in [-0.4, -0.2) is 47.4 Å². The normalized spacial score (nSPS) is 22.0. The number of carbonyl (C=O) groups is 1. The molecule has 2 fully saturated rings. The molecule has 2 N–H and O–H groups in total. The van der Waals surface area contributed by atoms with Gasteiger partial charge in [0.1, 0.15) is 0 Å². The molecule has 120 valence electrons. The lowest BCUT2D eigenvalue weighted by molar-refractivity contribution is -0.137. The number of carbonyl (C=O) groups excluding carboxylic acids is 1. The third kappa shape index (κ3) is 3.18. The first-order chi connectivity index (χ1) is 10.7. The number of hydrogen-bond acceptors (Lipinski definition) is 3. The Hall–Kier alpha value is -1.39. The van der Waals surface area contributed by atoms with Crippen LogP contribution in [0.2, 0.25) is 0 Å². The molecule has 0 aromatic heterocycles. The van der Waals surface area contributed by atoms with Gasteiger partial charge in [-0.25, -0.2) is 0 Å². The Balaban J connectivity index is 1.78. The summed E-state index contributed by atoms with van der Waals surface area (Å²) in [6, 6.07) is 10.7. The van der Waals surface area contributed by atoms with E-state index in [-0.39, 0.29) is 18.0 Å². The number of nitrogens with zero attached hydrogens (tertiary/aromatic N) is 2. The van der Waals surface area contributed by atoms with E-state index in [1.54, 1.807) is 0 Å². The number of nitrogens with two attached hydrogens (primary N) is 1. The van der Waals surface area contributed by atoms with Gasteiger partial charge in [0.2, 0.25) is 5.91 Å². The van der Waals surface area contributed by atoms with E-state index < -0.39 is 0 Å². The first-order valence-corrected chi connectivity index (χ1v) is 8.50. The second kappa shape index (κ2) is 6.80. The van der Waals surface area contributed by atoms with Crippen molar-refractivity contribution in [3.8, 4) is 0 Å². The van der Waals surface area contributed by atoms with Gasteiger partial charge in [-0.2, -0.15) is 0 Å². The third-order valence-corrected chi connectivity index (χ3v) is 5.32. The molecule has 1 aromatic carbocycles. The van der Waals surface area contributed by atoms with Crippen molar-refractivity contribution in [3.05, 3.63) is 35.9 Å². The zero-order valence-electron chi connectivity index (χ0n) is 13.3. The molecule has 1 saturated carbocycles. The van der Waals surface area contributed by atoms with Crippen molar-refractivity contribution in [1.29, 1.82) is 0 Å². The highest BCUT2D eigenvalue weighted by atomic mass is 16.2. The molecule has 1 heterocycles. The van der Waals surface area contributed by atoms with Crippen LogP contribution in [0.1, 0.15) is 37.7 Å². The number of piperazine rings is 1. The fraction of sp³-hybridized carbons (Fsp3) is 0.611. The summed E-state index contributed by atoms with van der Waals surface area (Å²) in [6.07, 6.45) is 6.28. The molecule has 0 radical (unpaired) electrons. The van der Waals surface area contributed by atoms with Crippen LogP contribution >= 0.6 is 0 Å². The molecule has 1 aliphatic carbocycles. The van der Waals surface area contributed by atoms with Crippen LogP contribution in [-0.2, 0) is 11.3 Å². The van der Waals surface area contributed by atoms with Gasteiger partial charge in [0.15, 0.2) is 0 Å². The van der Waals surface area contributed by atoms with Gasteiger partial charge in [0, 0.05) is 31.7 Å². The molecule has 4 nitrogen and oxygen atoms in total. The van der Waals surface area contributed by atoms with Crippen LogP contribution in [0.25, 0.3) is 0 Å². The molecule has 1 spiro atoms. The smallest absolute Gasteiger partial charge is 0.236 e. The Morgan fingerprint density at radius 1 is 1.09 bits per heavy atom. The van der Waals surface area contributed by atoms with Gasteiger partial charge in [-0.1, -0.05) is 49.6 Å². The zero-order chi connectivity index (χ0) is 15.4. The number of amides is 1. The van der Waals surface area contributed by atoms with Crippen LogP contribution in [0.15, 0.2) is 30.3 Å². The second-order valence-electron chi connectivity index (χ2n) is 6.71. The summed E-state index contributed by atoms with van der Waals surface area (Å²) in [6.45, 7) is 3.75. The Morgan fingerprint density at radius 2 is 1.82 bits per heavy atom. The van der Waals surface area contributed by atoms with E-state index in [9.17, 15) is 4.79 Å². The first kappa shape index (κ1) is 15.5. The predicted octanol–water partition coefficient (Wildman–Crippen LogP) is 1.99. The van der Waals surface area contributed by atoms with Crippen molar-refractivity contribution in [1.82, 2.24) is 9.80 Å². The van der Waals surface area contributed by atoms with Crippen molar-refractivity contribution in [2.75, 3.05) is 26.2 Å². The lowest BCUT2D eigenvalue weighted by atomic mass is 9.78. The third-order valence-electron chi connectivity index (χ3n) is 5.32. The summed E-state index contributed by atoms with van der Waals surface area (Å²) in [4.78, 5) is 16.7. The van der Waals surface area contributed by atoms with Gasteiger partial charge in [-0.15, -0.1) is 0 Å². The largest absolute Gasteiger partial charge is 0.338 e. The summed E-state index contributed by atoms with van der Waals surface area (Å²) in [5.74, 6) is 0.101. The molecule has 4 heteroatoms. The molecule has 1 aromatic rings. The second-order valence-corrected chi connectivity index (χ2v) is 6.71. The van der Waals surface area contributed by atoms with Gasteiger partial charge in [-0.3, -0.25) is 9.69 Å². The predicted molar refractivity (Wildman–Crippen MR) is 88.3 cm³/mol. The maximum absolute atomic E-state index is 12.0. The van der Waals surface area contributed by atoms with Crippen molar-refractivity contribution < 1.29 is 4.79 Å². The molecule has 0 atom stereocenters. The maximum atomic E-state index is 12.0. The molecule has 22 heavy (non-hydrogen) atoms. The lowest BCUT2D eigenvalue weighted by Crippen LogP contribution is -2.64. The molecule has 1 aliphatic heterocycles. The standard InChI is InChI=1S/C18H27N3O/c19-13-17(22)20-11-12-21(14-16-7-3-1-4-8-16)18(15-20)9-5-2-6-10-18/h1,3-4,7-8H,2,5-6,9-15,19H2. The summed E-state index contributed by atoms with van der Waals surface area (Å²) in [5, 5.41) is 0. The van der Waals surface area contributed by atoms with Crippen molar-refractivity contribution in [2.45, 2.75) is 44.2 Å². The van der Waals surface area contributed by atoms with Gasteiger partial charge in [0.05, 0.1) is 6.54 Å². The van der Waals surface area contributed by atoms with Crippen LogP contribution in [0.3, 0.4) is 0 Å². The summed E-state index contributed by atoms with van der Waals surface area (Å²) >= 11 is 0. The molecular formula is C18H27N3O. The van der Waals surface area contributed by atoms with E-state index in [0.29, 0.717) is 0 Å². The molecule has 1 saturated heterocycles. The van der Waals surface area contributed by atoms with E-state index in [4.69, 9.17) is 5.73 Å². The van der Waals surface area contributed by atoms with Crippen LogP contribution < -0.4 is 5.73 Å². The van der Waals surface area contributed by atoms with Gasteiger partial charge < -0.3 is 10.6 Å². The molecule has 0 bridgehead atoms. The molecule has 1 amide bonds. The van der Waals surface area contributed by atoms with Crippen molar-refractivity contribution in [2.24, 2.45) is 5.73 Å². The molecular weight excluding hydrogens is 274 g/mol. The van der Waals surface area contributed by atoms with Crippen LogP contribution in [0, 0.1) is 0 Å². The highest BCUT2D eigenvalue weighted by Gasteiger charge is 2.43. The molecule has 0 unspecified atom stereocenters. The maximum Gasteiger partial charge on any atom is 0.236 e. The van der Waals surface area contributed by atoms with E-state index in [1.807, 2.05) is 4.90 Å². The first-order valence-electron chi connectivity index (χ1n) is 8.50. The van der Waals surface area contributed by atoms with E-state index in [2.05, 4.69) is 35.2 Å². The number of hydrogen-bond donors (Lipinski definition) is 1. The SMILES string of the molecule is NCC(=O)N1CCN(Cc2ccccc2)C2(CCCCC2)C1. The van der Waals surface area contributed by atoms with Gasteiger partial charge in [0.25, 0.3) is 0 Å². The quantitative estimate of drug-likeness (QED) is 0.929. The Morgan fingerprint density at radius 3 is 2.50 bits per heavy atom. The van der Waals surface area contributed by atoms with Crippen LogP contribution in [0.5, 0.6) is 0 Å².